The first-order valence-corrected chi connectivity index (χ1v) is 6.54. The topological polar surface area (TPSA) is 58.4 Å². The van der Waals surface area contributed by atoms with Crippen molar-refractivity contribution in [2.75, 3.05) is 19.6 Å². The van der Waals surface area contributed by atoms with E-state index in [0.717, 1.165) is 32.5 Å². The second-order valence-corrected chi connectivity index (χ2v) is 5.06. The summed E-state index contributed by atoms with van der Waals surface area (Å²) < 4.78 is 0. The van der Waals surface area contributed by atoms with E-state index in [1.54, 1.807) is 0 Å². The van der Waals surface area contributed by atoms with E-state index in [1.165, 1.54) is 25.7 Å². The Bertz CT molecular complexity index is 238. The summed E-state index contributed by atoms with van der Waals surface area (Å²) in [7, 11) is 0. The van der Waals surface area contributed by atoms with Crippen LogP contribution in [0.3, 0.4) is 0 Å². The summed E-state index contributed by atoms with van der Waals surface area (Å²) in [5.74, 6) is -0.143. The fourth-order valence-electron chi connectivity index (χ4n) is 2.89. The number of hydrogen-bond acceptors (Lipinski definition) is 3. The summed E-state index contributed by atoms with van der Waals surface area (Å²) >= 11 is 0. The maximum Gasteiger partial charge on any atom is 0.234 e. The molecule has 3 N–H and O–H groups in total. The van der Waals surface area contributed by atoms with Gasteiger partial charge in [0, 0.05) is 12.6 Å². The van der Waals surface area contributed by atoms with Crippen LogP contribution in [0.2, 0.25) is 0 Å². The van der Waals surface area contributed by atoms with Gasteiger partial charge in [-0.2, -0.15) is 0 Å². The smallest absolute Gasteiger partial charge is 0.234 e. The van der Waals surface area contributed by atoms with Crippen molar-refractivity contribution >= 4 is 5.91 Å². The second kappa shape index (κ2) is 5.64. The molecule has 2 heterocycles. The monoisotopic (exact) mass is 225 g/mol. The summed E-state index contributed by atoms with van der Waals surface area (Å²) in [6.45, 7) is 3.15. The number of nitrogens with one attached hydrogen (secondary N) is 1. The molecule has 2 fully saturated rings. The van der Waals surface area contributed by atoms with Gasteiger partial charge in [-0.3, -0.25) is 9.69 Å². The Kier molecular flexibility index (Phi) is 4.18. The van der Waals surface area contributed by atoms with Crippen molar-refractivity contribution in [2.24, 2.45) is 5.73 Å². The van der Waals surface area contributed by atoms with Gasteiger partial charge in [0.2, 0.25) is 5.91 Å². The molecule has 2 rings (SSSR count). The van der Waals surface area contributed by atoms with Gasteiger partial charge in [-0.15, -0.1) is 0 Å². The van der Waals surface area contributed by atoms with E-state index in [-0.39, 0.29) is 11.9 Å². The first-order valence-electron chi connectivity index (χ1n) is 6.54. The molecule has 0 radical (unpaired) electrons. The molecule has 2 aliphatic heterocycles. The zero-order valence-electron chi connectivity index (χ0n) is 9.95. The number of nitrogens with two attached hydrogens (primary N) is 1. The quantitative estimate of drug-likeness (QED) is 0.734. The van der Waals surface area contributed by atoms with E-state index in [0.29, 0.717) is 6.04 Å². The van der Waals surface area contributed by atoms with Crippen molar-refractivity contribution in [3.05, 3.63) is 0 Å². The minimum absolute atomic E-state index is 0.0162. The van der Waals surface area contributed by atoms with E-state index in [1.807, 2.05) is 0 Å². The van der Waals surface area contributed by atoms with E-state index in [4.69, 9.17) is 5.73 Å². The molecule has 4 heteroatoms. The number of carbonyl (C=O) groups is 1. The molecule has 92 valence electrons. The van der Waals surface area contributed by atoms with Crippen LogP contribution in [-0.4, -0.2) is 42.5 Å². The largest absolute Gasteiger partial charge is 0.368 e. The third kappa shape index (κ3) is 2.95. The van der Waals surface area contributed by atoms with Crippen LogP contribution in [0.4, 0.5) is 0 Å². The van der Waals surface area contributed by atoms with Crippen LogP contribution in [0, 0.1) is 0 Å². The first-order chi connectivity index (χ1) is 7.77. The van der Waals surface area contributed by atoms with Gasteiger partial charge in [-0.05, 0) is 38.8 Å². The van der Waals surface area contributed by atoms with Gasteiger partial charge in [0.25, 0.3) is 0 Å². The molecule has 0 saturated carbocycles. The SMILES string of the molecule is NC(=O)C1CCCCN1CC1CCCCN1. The number of piperidine rings is 2. The Hall–Kier alpha value is -0.610. The van der Waals surface area contributed by atoms with Crippen molar-refractivity contribution < 1.29 is 4.79 Å². The average Bonchev–Trinajstić information content (AvgIpc) is 2.31. The molecule has 0 aromatic rings. The lowest BCUT2D eigenvalue weighted by molar-refractivity contribution is -0.124. The molecule has 2 atom stereocenters. The zero-order valence-corrected chi connectivity index (χ0v) is 9.95. The number of hydrogen-bond donors (Lipinski definition) is 2. The van der Waals surface area contributed by atoms with Crippen LogP contribution in [0.15, 0.2) is 0 Å². The number of amides is 1. The Balaban J connectivity index is 1.87. The van der Waals surface area contributed by atoms with Crippen LogP contribution < -0.4 is 11.1 Å². The summed E-state index contributed by atoms with van der Waals surface area (Å²) in [6, 6.07) is 0.547. The van der Waals surface area contributed by atoms with Gasteiger partial charge in [0.1, 0.15) is 0 Å². The van der Waals surface area contributed by atoms with Gasteiger partial charge >= 0.3 is 0 Å². The molecule has 2 unspecified atom stereocenters. The maximum absolute atomic E-state index is 11.4. The number of likely N-dealkylation sites (tertiary alicyclic amines) is 1. The highest BCUT2D eigenvalue weighted by Crippen LogP contribution is 2.18. The van der Waals surface area contributed by atoms with Crippen LogP contribution >= 0.6 is 0 Å². The molecule has 4 nitrogen and oxygen atoms in total. The third-order valence-corrected chi connectivity index (χ3v) is 3.81. The van der Waals surface area contributed by atoms with Crippen molar-refractivity contribution in [1.29, 1.82) is 0 Å². The lowest BCUT2D eigenvalue weighted by Crippen LogP contribution is -2.53. The van der Waals surface area contributed by atoms with Crippen molar-refractivity contribution in [1.82, 2.24) is 10.2 Å². The van der Waals surface area contributed by atoms with Crippen LogP contribution in [0.25, 0.3) is 0 Å². The summed E-state index contributed by atoms with van der Waals surface area (Å²) in [5.41, 5.74) is 5.46. The van der Waals surface area contributed by atoms with E-state index in [2.05, 4.69) is 10.2 Å². The standard InChI is InChI=1S/C12H23N3O/c13-12(16)11-6-2-4-8-15(11)9-10-5-1-3-7-14-10/h10-11,14H,1-9H2,(H2,13,16). The Morgan fingerprint density at radius 1 is 1.25 bits per heavy atom. The molecule has 0 aliphatic carbocycles. The zero-order chi connectivity index (χ0) is 11.4. The predicted octanol–water partition coefficient (Wildman–Crippen LogP) is 0.468. The number of primary amides is 1. The van der Waals surface area contributed by atoms with E-state index in [9.17, 15) is 4.79 Å². The highest BCUT2D eigenvalue weighted by atomic mass is 16.1. The lowest BCUT2D eigenvalue weighted by atomic mass is 9.98. The molecule has 0 spiro atoms. The molecular formula is C12H23N3O. The Morgan fingerprint density at radius 2 is 2.06 bits per heavy atom. The maximum atomic E-state index is 11.4. The van der Waals surface area contributed by atoms with E-state index < -0.39 is 0 Å². The molecule has 16 heavy (non-hydrogen) atoms. The normalized spacial score (nSPS) is 32.5. The second-order valence-electron chi connectivity index (χ2n) is 5.06. The van der Waals surface area contributed by atoms with Crippen LogP contribution in [0.1, 0.15) is 38.5 Å². The van der Waals surface area contributed by atoms with Gasteiger partial charge in [-0.1, -0.05) is 12.8 Å². The third-order valence-electron chi connectivity index (χ3n) is 3.81. The van der Waals surface area contributed by atoms with Crippen molar-refractivity contribution in [3.63, 3.8) is 0 Å². The first kappa shape index (κ1) is 11.9. The highest BCUT2D eigenvalue weighted by molar-refractivity contribution is 5.79. The van der Waals surface area contributed by atoms with Crippen LogP contribution in [-0.2, 0) is 4.79 Å². The summed E-state index contributed by atoms with van der Waals surface area (Å²) in [6.07, 6.45) is 7.13. The van der Waals surface area contributed by atoms with Gasteiger partial charge in [-0.25, -0.2) is 0 Å². The van der Waals surface area contributed by atoms with Crippen molar-refractivity contribution in [3.8, 4) is 0 Å². The van der Waals surface area contributed by atoms with Gasteiger partial charge in [0.15, 0.2) is 0 Å². The van der Waals surface area contributed by atoms with Crippen LogP contribution in [0.5, 0.6) is 0 Å². The van der Waals surface area contributed by atoms with Gasteiger partial charge < -0.3 is 11.1 Å². The average molecular weight is 225 g/mol. The molecule has 2 saturated heterocycles. The predicted molar refractivity (Wildman–Crippen MR) is 64.0 cm³/mol. The Labute approximate surface area is 97.6 Å². The molecule has 0 aromatic carbocycles. The minimum atomic E-state index is -0.143. The number of nitrogens with zero attached hydrogens (tertiary/aromatic N) is 1. The molecule has 0 aromatic heterocycles. The number of carbonyl (C=O) groups excluding carboxylic acids is 1. The fraction of sp³-hybridized carbons (Fsp3) is 0.917. The summed E-state index contributed by atoms with van der Waals surface area (Å²) in [5, 5.41) is 3.53. The summed E-state index contributed by atoms with van der Waals surface area (Å²) in [4.78, 5) is 13.7. The molecule has 1 amide bonds. The van der Waals surface area contributed by atoms with Crippen molar-refractivity contribution in [2.45, 2.75) is 50.6 Å². The van der Waals surface area contributed by atoms with E-state index >= 15 is 0 Å². The highest BCUT2D eigenvalue weighted by Gasteiger charge is 2.28. The molecule has 0 bridgehead atoms. The van der Waals surface area contributed by atoms with Gasteiger partial charge in [0.05, 0.1) is 6.04 Å². The molecule has 2 aliphatic rings. The Morgan fingerprint density at radius 3 is 2.75 bits per heavy atom. The minimum Gasteiger partial charge on any atom is -0.368 e. The molecular weight excluding hydrogens is 202 g/mol. The lowest BCUT2D eigenvalue weighted by Gasteiger charge is -2.37. The number of rotatable bonds is 3. The fourth-order valence-corrected chi connectivity index (χ4v) is 2.89.